The zero-order valence-corrected chi connectivity index (χ0v) is 7.11. The quantitative estimate of drug-likeness (QED) is 0.383. The third kappa shape index (κ3) is 1.75. The van der Waals surface area contributed by atoms with Crippen LogP contribution in [0.15, 0.2) is 24.3 Å². The average molecular weight is 162 g/mol. The highest BCUT2D eigenvalue weighted by Crippen LogP contribution is 1.95. The topological polar surface area (TPSA) is 42.4 Å². The Morgan fingerprint density at radius 1 is 1.33 bits per heavy atom. The lowest BCUT2D eigenvalue weighted by molar-refractivity contribution is -0.415. The summed E-state index contributed by atoms with van der Waals surface area (Å²) in [6, 6.07) is 0. The van der Waals surface area contributed by atoms with Crippen molar-refractivity contribution in [2.24, 2.45) is 0 Å². The van der Waals surface area contributed by atoms with Crippen molar-refractivity contribution in [2.45, 2.75) is 6.92 Å². The molecule has 0 saturated heterocycles. The fourth-order valence-electron chi connectivity index (χ4n) is 0.858. The Bertz CT molecular complexity index is 303. The normalized spacial score (nSPS) is 15.2. The van der Waals surface area contributed by atoms with Crippen molar-refractivity contribution < 1.29 is 9.37 Å². The van der Waals surface area contributed by atoms with E-state index in [-0.39, 0.29) is 11.6 Å². The Hall–Kier alpha value is -1.51. The predicted molar refractivity (Wildman–Crippen MR) is 48.5 cm³/mol. The lowest BCUT2D eigenvalue weighted by atomic mass is 10.1. The smallest absolute Gasteiger partial charge is 0.384 e. The van der Waals surface area contributed by atoms with Gasteiger partial charge in [-0.2, -0.15) is 10.3 Å². The molecule has 0 spiro atoms. The molecule has 0 fully saturated rings. The van der Waals surface area contributed by atoms with Gasteiger partial charge in [-0.3, -0.25) is 0 Å². The Labute approximate surface area is 71.2 Å². The van der Waals surface area contributed by atoms with E-state index in [1.54, 1.807) is 31.4 Å². The molecule has 3 nitrogen and oxygen atoms in total. The SMILES string of the molecule is CC(=O)[N+](C)=C1C=CC(=[N-])C=C1. The largest absolute Gasteiger partial charge is 0.804 e. The standard InChI is InChI=1S/C9H10N2O/c1-7(12)11(2)9-5-3-8(10)4-6-9/h3-6H,1-2H3. The number of rotatable bonds is 0. The summed E-state index contributed by atoms with van der Waals surface area (Å²) in [5, 5.41) is 8.97. The first kappa shape index (κ1) is 8.59. The molecule has 1 aliphatic rings. The molecular weight excluding hydrogens is 152 g/mol. The van der Waals surface area contributed by atoms with E-state index in [4.69, 9.17) is 5.41 Å². The van der Waals surface area contributed by atoms with Gasteiger partial charge in [0.2, 0.25) is 5.71 Å². The molecule has 62 valence electrons. The molecule has 0 aromatic rings. The van der Waals surface area contributed by atoms with Crippen LogP contribution in [0.5, 0.6) is 0 Å². The number of allylic oxidation sites excluding steroid dienone is 4. The van der Waals surface area contributed by atoms with E-state index in [1.807, 2.05) is 0 Å². The molecule has 0 N–H and O–H groups in total. The van der Waals surface area contributed by atoms with Crippen LogP contribution in [0.1, 0.15) is 6.92 Å². The van der Waals surface area contributed by atoms with Crippen molar-refractivity contribution in [3.05, 3.63) is 29.7 Å². The van der Waals surface area contributed by atoms with Crippen LogP contribution >= 0.6 is 0 Å². The summed E-state index contributed by atoms with van der Waals surface area (Å²) < 4.78 is 1.51. The molecular formula is C9H10N2O. The van der Waals surface area contributed by atoms with Gasteiger partial charge in [0.15, 0.2) is 0 Å². The highest BCUT2D eigenvalue weighted by atomic mass is 16.1. The van der Waals surface area contributed by atoms with E-state index in [9.17, 15) is 4.79 Å². The van der Waals surface area contributed by atoms with Crippen LogP contribution in [-0.2, 0) is 4.79 Å². The maximum absolute atomic E-state index is 10.9. The first-order chi connectivity index (χ1) is 5.61. The summed E-state index contributed by atoms with van der Waals surface area (Å²) >= 11 is 0. The van der Waals surface area contributed by atoms with Gasteiger partial charge in [-0.15, -0.1) is 0 Å². The first-order valence-electron chi connectivity index (χ1n) is 3.64. The molecule has 1 rings (SSSR count). The number of amides is 1. The van der Waals surface area contributed by atoms with E-state index >= 15 is 0 Å². The zero-order valence-electron chi connectivity index (χ0n) is 7.11. The number of nitrogens with zero attached hydrogens (tertiary/aromatic N) is 2. The summed E-state index contributed by atoms with van der Waals surface area (Å²) in [4.78, 5) is 10.9. The highest BCUT2D eigenvalue weighted by Gasteiger charge is 2.10. The number of hydrogen-bond acceptors (Lipinski definition) is 1. The van der Waals surface area contributed by atoms with Crippen molar-refractivity contribution >= 4 is 17.3 Å². The minimum atomic E-state index is -0.0271. The van der Waals surface area contributed by atoms with Crippen LogP contribution in [0.25, 0.3) is 5.41 Å². The van der Waals surface area contributed by atoms with Crippen LogP contribution < -0.4 is 0 Å². The Kier molecular flexibility index (Phi) is 2.33. The van der Waals surface area contributed by atoms with Gasteiger partial charge < -0.3 is 5.41 Å². The molecule has 0 radical (unpaired) electrons. The summed E-state index contributed by atoms with van der Waals surface area (Å²) in [6.07, 6.45) is 6.48. The molecule has 0 bridgehead atoms. The fourth-order valence-corrected chi connectivity index (χ4v) is 0.858. The van der Waals surface area contributed by atoms with Gasteiger partial charge in [0, 0.05) is 12.2 Å². The molecule has 0 aliphatic heterocycles. The van der Waals surface area contributed by atoms with E-state index in [0.717, 1.165) is 5.71 Å². The third-order valence-corrected chi connectivity index (χ3v) is 1.71. The summed E-state index contributed by atoms with van der Waals surface area (Å²) in [5.74, 6) is -0.0271. The van der Waals surface area contributed by atoms with Crippen LogP contribution in [0.3, 0.4) is 0 Å². The second kappa shape index (κ2) is 3.26. The molecule has 3 heteroatoms. The second-order valence-corrected chi connectivity index (χ2v) is 2.59. The average Bonchev–Trinajstić information content (AvgIpc) is 2.04. The van der Waals surface area contributed by atoms with Crippen molar-refractivity contribution in [1.29, 1.82) is 0 Å². The molecule has 1 amide bonds. The van der Waals surface area contributed by atoms with Crippen molar-refractivity contribution in [2.75, 3.05) is 7.05 Å². The number of carbonyl (C=O) groups excluding carboxylic acids is 1. The summed E-state index contributed by atoms with van der Waals surface area (Å²) in [6.45, 7) is 1.49. The van der Waals surface area contributed by atoms with Crippen molar-refractivity contribution in [3.63, 3.8) is 0 Å². The van der Waals surface area contributed by atoms with Crippen LogP contribution in [0.4, 0.5) is 0 Å². The van der Waals surface area contributed by atoms with Crippen molar-refractivity contribution in [1.82, 2.24) is 0 Å². The maximum atomic E-state index is 10.9. The molecule has 0 atom stereocenters. The third-order valence-electron chi connectivity index (χ3n) is 1.71. The summed E-state index contributed by atoms with van der Waals surface area (Å²) in [7, 11) is 1.69. The van der Waals surface area contributed by atoms with Gasteiger partial charge in [0.05, 0.1) is 6.92 Å². The Balaban J connectivity index is 3.00. The zero-order chi connectivity index (χ0) is 9.14. The van der Waals surface area contributed by atoms with Gasteiger partial charge in [-0.25, -0.2) is 4.79 Å². The highest BCUT2D eigenvalue weighted by molar-refractivity contribution is 6.18. The molecule has 0 unspecified atom stereocenters. The lowest BCUT2D eigenvalue weighted by Crippen LogP contribution is -2.20. The van der Waals surface area contributed by atoms with E-state index in [2.05, 4.69) is 0 Å². The molecule has 12 heavy (non-hydrogen) atoms. The van der Waals surface area contributed by atoms with Crippen LogP contribution in [0.2, 0.25) is 0 Å². The number of hydrogen-bond donors (Lipinski definition) is 0. The molecule has 1 aliphatic carbocycles. The minimum absolute atomic E-state index is 0.0271. The summed E-state index contributed by atoms with van der Waals surface area (Å²) in [5.41, 5.74) is 0.982. The van der Waals surface area contributed by atoms with E-state index in [1.165, 1.54) is 11.5 Å². The molecule has 0 aromatic carbocycles. The molecule has 0 saturated carbocycles. The van der Waals surface area contributed by atoms with Gasteiger partial charge in [0.25, 0.3) is 0 Å². The van der Waals surface area contributed by atoms with Gasteiger partial charge in [-0.1, -0.05) is 12.2 Å². The maximum Gasteiger partial charge on any atom is 0.384 e. The fraction of sp³-hybridized carbons (Fsp3) is 0.222. The van der Waals surface area contributed by atoms with Gasteiger partial charge in [0.1, 0.15) is 7.05 Å². The van der Waals surface area contributed by atoms with Gasteiger partial charge >= 0.3 is 5.91 Å². The Morgan fingerprint density at radius 2 is 1.83 bits per heavy atom. The molecule has 0 heterocycles. The van der Waals surface area contributed by atoms with E-state index < -0.39 is 0 Å². The van der Waals surface area contributed by atoms with Crippen LogP contribution in [0, 0.1) is 0 Å². The predicted octanol–water partition coefficient (Wildman–Crippen LogP) is 0.753. The monoisotopic (exact) mass is 162 g/mol. The second-order valence-electron chi connectivity index (χ2n) is 2.59. The van der Waals surface area contributed by atoms with Crippen LogP contribution in [-0.4, -0.2) is 29.0 Å². The number of carbonyl (C=O) groups is 1. The lowest BCUT2D eigenvalue weighted by Gasteiger charge is -2.04. The molecule has 0 aromatic heterocycles. The van der Waals surface area contributed by atoms with Crippen molar-refractivity contribution in [3.8, 4) is 0 Å². The Morgan fingerprint density at radius 3 is 2.25 bits per heavy atom. The minimum Gasteiger partial charge on any atom is -0.804 e. The van der Waals surface area contributed by atoms with E-state index in [0.29, 0.717) is 0 Å². The van der Waals surface area contributed by atoms with Gasteiger partial charge in [-0.05, 0) is 0 Å². The first-order valence-corrected chi connectivity index (χ1v) is 3.64.